The van der Waals surface area contributed by atoms with Crippen LogP contribution in [0.3, 0.4) is 0 Å². The lowest BCUT2D eigenvalue weighted by Gasteiger charge is -2.36. The number of methoxy groups -OCH3 is 2. The Hall–Kier alpha value is -1.26. The summed E-state index contributed by atoms with van der Waals surface area (Å²) in [5, 5.41) is 10.1. The number of β-amino-alcohol motifs (C(OH)–C–C–N with tert-alkyl or cyclic N) is 1. The van der Waals surface area contributed by atoms with Crippen LogP contribution in [-0.2, 0) is 6.54 Å². The molecule has 1 aromatic rings. The molecule has 0 spiro atoms. The molecular weight excluding hydrogens is 242 g/mol. The first-order valence-corrected chi connectivity index (χ1v) is 6.70. The number of piperidine rings is 1. The molecular formula is C15H23NO3. The highest BCUT2D eigenvalue weighted by Gasteiger charge is 2.28. The molecule has 4 heteroatoms. The van der Waals surface area contributed by atoms with Gasteiger partial charge in [-0.05, 0) is 44.0 Å². The summed E-state index contributed by atoms with van der Waals surface area (Å²) in [7, 11) is 3.28. The van der Waals surface area contributed by atoms with Crippen molar-refractivity contribution in [2.45, 2.75) is 31.9 Å². The van der Waals surface area contributed by atoms with Gasteiger partial charge in [-0.15, -0.1) is 0 Å². The molecule has 1 saturated heterocycles. The lowest BCUT2D eigenvalue weighted by Crippen LogP contribution is -2.45. The summed E-state index contributed by atoms with van der Waals surface area (Å²) in [5.74, 6) is 1.50. The van der Waals surface area contributed by atoms with Gasteiger partial charge in [0.15, 0.2) is 11.5 Å². The van der Waals surface area contributed by atoms with Crippen molar-refractivity contribution in [1.29, 1.82) is 0 Å². The Morgan fingerprint density at radius 1 is 1.26 bits per heavy atom. The van der Waals surface area contributed by atoms with Crippen LogP contribution in [0.2, 0.25) is 0 Å². The van der Waals surface area contributed by atoms with E-state index in [4.69, 9.17) is 9.47 Å². The third kappa shape index (κ3) is 3.61. The number of ether oxygens (including phenoxy) is 2. The minimum absolute atomic E-state index is 0.561. The highest BCUT2D eigenvalue weighted by Crippen LogP contribution is 2.29. The minimum atomic E-state index is -0.561. The van der Waals surface area contributed by atoms with Crippen molar-refractivity contribution in [3.63, 3.8) is 0 Å². The third-order valence-corrected chi connectivity index (χ3v) is 3.61. The summed E-state index contributed by atoms with van der Waals surface area (Å²) in [4.78, 5) is 2.28. The fraction of sp³-hybridized carbons (Fsp3) is 0.600. The van der Waals surface area contributed by atoms with E-state index in [-0.39, 0.29) is 0 Å². The van der Waals surface area contributed by atoms with Gasteiger partial charge in [-0.1, -0.05) is 6.07 Å². The monoisotopic (exact) mass is 265 g/mol. The van der Waals surface area contributed by atoms with Crippen molar-refractivity contribution in [3.05, 3.63) is 23.8 Å². The van der Waals surface area contributed by atoms with E-state index in [1.54, 1.807) is 14.2 Å². The number of hydrogen-bond donors (Lipinski definition) is 1. The molecule has 0 saturated carbocycles. The molecule has 2 rings (SSSR count). The molecule has 106 valence electrons. The molecule has 1 aliphatic rings. The molecule has 1 N–H and O–H groups in total. The summed E-state index contributed by atoms with van der Waals surface area (Å²) < 4.78 is 10.5. The minimum Gasteiger partial charge on any atom is -0.493 e. The van der Waals surface area contributed by atoms with Gasteiger partial charge >= 0.3 is 0 Å². The molecule has 4 nitrogen and oxygen atoms in total. The predicted octanol–water partition coefficient (Wildman–Crippen LogP) is 2.05. The molecule has 0 bridgehead atoms. The van der Waals surface area contributed by atoms with Crippen molar-refractivity contribution >= 4 is 0 Å². The van der Waals surface area contributed by atoms with E-state index in [0.717, 1.165) is 44.0 Å². The predicted molar refractivity (Wildman–Crippen MR) is 74.7 cm³/mol. The van der Waals surface area contributed by atoms with Gasteiger partial charge in [0.1, 0.15) is 0 Å². The zero-order chi connectivity index (χ0) is 13.9. The average molecular weight is 265 g/mol. The van der Waals surface area contributed by atoms with Crippen LogP contribution in [0.15, 0.2) is 18.2 Å². The molecule has 0 radical (unpaired) electrons. The van der Waals surface area contributed by atoms with Crippen LogP contribution in [0.4, 0.5) is 0 Å². The second-order valence-electron chi connectivity index (χ2n) is 5.50. The molecule has 1 unspecified atom stereocenters. The Labute approximate surface area is 114 Å². The first kappa shape index (κ1) is 14.2. The number of likely N-dealkylation sites (tertiary alicyclic amines) is 1. The Morgan fingerprint density at radius 2 is 2.00 bits per heavy atom. The smallest absolute Gasteiger partial charge is 0.161 e. The quantitative estimate of drug-likeness (QED) is 0.904. The van der Waals surface area contributed by atoms with E-state index < -0.39 is 5.60 Å². The standard InChI is InChI=1S/C15H23NO3/c1-15(17)7-4-8-16(11-15)10-12-5-6-13(18-2)14(9-12)19-3/h5-6,9,17H,4,7-8,10-11H2,1-3H3. The van der Waals surface area contributed by atoms with Crippen molar-refractivity contribution in [2.75, 3.05) is 27.3 Å². The van der Waals surface area contributed by atoms with E-state index >= 15 is 0 Å². The maximum absolute atomic E-state index is 10.1. The van der Waals surface area contributed by atoms with E-state index in [0.29, 0.717) is 0 Å². The zero-order valence-electron chi connectivity index (χ0n) is 12.0. The lowest BCUT2D eigenvalue weighted by atomic mass is 9.95. The van der Waals surface area contributed by atoms with Crippen LogP contribution >= 0.6 is 0 Å². The van der Waals surface area contributed by atoms with Crippen molar-refractivity contribution < 1.29 is 14.6 Å². The van der Waals surface area contributed by atoms with E-state index in [1.165, 1.54) is 5.56 Å². The van der Waals surface area contributed by atoms with Gasteiger partial charge in [0, 0.05) is 13.1 Å². The number of hydrogen-bond acceptors (Lipinski definition) is 4. The molecule has 1 fully saturated rings. The van der Waals surface area contributed by atoms with Gasteiger partial charge < -0.3 is 14.6 Å². The summed E-state index contributed by atoms with van der Waals surface area (Å²) >= 11 is 0. The van der Waals surface area contributed by atoms with Gasteiger partial charge in [0.05, 0.1) is 19.8 Å². The van der Waals surface area contributed by atoms with Crippen molar-refractivity contribution in [2.24, 2.45) is 0 Å². The summed E-state index contributed by atoms with van der Waals surface area (Å²) in [6.07, 6.45) is 1.93. The zero-order valence-corrected chi connectivity index (χ0v) is 12.0. The first-order valence-electron chi connectivity index (χ1n) is 6.70. The molecule has 1 aromatic carbocycles. The van der Waals surface area contributed by atoms with E-state index in [1.807, 2.05) is 25.1 Å². The number of aliphatic hydroxyl groups is 1. The van der Waals surface area contributed by atoms with Gasteiger partial charge in [0.25, 0.3) is 0 Å². The van der Waals surface area contributed by atoms with Gasteiger partial charge in [-0.2, -0.15) is 0 Å². The second kappa shape index (κ2) is 5.80. The van der Waals surface area contributed by atoms with Crippen molar-refractivity contribution in [1.82, 2.24) is 4.90 Å². The Morgan fingerprint density at radius 3 is 2.63 bits per heavy atom. The molecule has 1 atom stereocenters. The maximum atomic E-state index is 10.1. The van der Waals surface area contributed by atoms with Crippen LogP contribution in [0.5, 0.6) is 11.5 Å². The Bertz CT molecular complexity index is 431. The Kier molecular flexibility index (Phi) is 4.32. The third-order valence-electron chi connectivity index (χ3n) is 3.61. The van der Waals surface area contributed by atoms with Crippen LogP contribution < -0.4 is 9.47 Å². The fourth-order valence-corrected chi connectivity index (χ4v) is 2.70. The van der Waals surface area contributed by atoms with E-state index in [9.17, 15) is 5.11 Å². The van der Waals surface area contributed by atoms with Gasteiger partial charge in [0.2, 0.25) is 0 Å². The highest BCUT2D eigenvalue weighted by molar-refractivity contribution is 5.42. The van der Waals surface area contributed by atoms with Crippen molar-refractivity contribution in [3.8, 4) is 11.5 Å². The SMILES string of the molecule is COc1ccc(CN2CCCC(C)(O)C2)cc1OC. The lowest BCUT2D eigenvalue weighted by molar-refractivity contribution is -0.0181. The van der Waals surface area contributed by atoms with Crippen LogP contribution in [0.1, 0.15) is 25.3 Å². The normalized spacial score (nSPS) is 24.2. The van der Waals surface area contributed by atoms with Gasteiger partial charge in [-0.3, -0.25) is 4.90 Å². The largest absolute Gasteiger partial charge is 0.493 e. The summed E-state index contributed by atoms with van der Waals surface area (Å²) in [6.45, 7) is 4.50. The molecule has 19 heavy (non-hydrogen) atoms. The van der Waals surface area contributed by atoms with E-state index in [2.05, 4.69) is 4.90 Å². The molecule has 1 heterocycles. The first-order chi connectivity index (χ1) is 9.04. The fourth-order valence-electron chi connectivity index (χ4n) is 2.70. The molecule has 0 amide bonds. The van der Waals surface area contributed by atoms with Crippen LogP contribution in [0, 0.1) is 0 Å². The maximum Gasteiger partial charge on any atom is 0.161 e. The van der Waals surface area contributed by atoms with Crippen LogP contribution in [-0.4, -0.2) is 42.9 Å². The second-order valence-corrected chi connectivity index (χ2v) is 5.50. The summed E-state index contributed by atoms with van der Waals surface area (Å²) in [6, 6.07) is 5.98. The van der Waals surface area contributed by atoms with Gasteiger partial charge in [-0.25, -0.2) is 0 Å². The van der Waals surface area contributed by atoms with Crippen LogP contribution in [0.25, 0.3) is 0 Å². The highest BCUT2D eigenvalue weighted by atomic mass is 16.5. The average Bonchev–Trinajstić information content (AvgIpc) is 2.37. The number of benzene rings is 1. The molecule has 0 aromatic heterocycles. The molecule has 0 aliphatic carbocycles. The Balaban J connectivity index is 2.06. The number of rotatable bonds is 4. The molecule has 1 aliphatic heterocycles. The summed E-state index contributed by atoms with van der Waals surface area (Å²) in [5.41, 5.74) is 0.616. The number of nitrogens with zero attached hydrogens (tertiary/aromatic N) is 1. The topological polar surface area (TPSA) is 41.9 Å².